The van der Waals surface area contributed by atoms with E-state index in [4.69, 9.17) is 9.15 Å². The fourth-order valence-corrected chi connectivity index (χ4v) is 4.79. The van der Waals surface area contributed by atoms with E-state index in [1.54, 1.807) is 25.4 Å². The van der Waals surface area contributed by atoms with Crippen molar-refractivity contribution in [3.63, 3.8) is 0 Å². The van der Waals surface area contributed by atoms with Crippen molar-refractivity contribution in [2.75, 3.05) is 13.7 Å². The second-order valence-electron chi connectivity index (χ2n) is 8.39. The first-order valence-electron chi connectivity index (χ1n) is 11.2. The first-order valence-corrected chi connectivity index (χ1v) is 11.2. The van der Waals surface area contributed by atoms with Gasteiger partial charge in [0.15, 0.2) is 0 Å². The number of phenols is 1. The molecule has 2 aromatic heterocycles. The summed E-state index contributed by atoms with van der Waals surface area (Å²) in [5, 5.41) is 11.2. The number of piperidine rings is 1. The van der Waals surface area contributed by atoms with Crippen LogP contribution in [0.15, 0.2) is 76.4 Å². The average molecular weight is 443 g/mol. The minimum atomic E-state index is -0.149. The molecule has 6 heteroatoms. The summed E-state index contributed by atoms with van der Waals surface area (Å²) in [4.78, 5) is 20.0. The zero-order valence-electron chi connectivity index (χ0n) is 18.5. The van der Waals surface area contributed by atoms with Crippen molar-refractivity contribution in [3.8, 4) is 22.6 Å². The van der Waals surface area contributed by atoms with E-state index in [2.05, 4.69) is 16.0 Å². The summed E-state index contributed by atoms with van der Waals surface area (Å²) in [5.74, 6) is 0.738. The lowest BCUT2D eigenvalue weighted by Crippen LogP contribution is -2.33. The number of pyridine rings is 1. The molecular formula is C27H26N2O4. The first-order chi connectivity index (χ1) is 16.2. The number of ether oxygens (including phenoxy) is 1. The molecule has 6 nitrogen and oxygen atoms in total. The minimum Gasteiger partial charge on any atom is -0.507 e. The number of para-hydroxylation sites is 1. The summed E-state index contributed by atoms with van der Waals surface area (Å²) in [6.07, 6.45) is 8.42. The van der Waals surface area contributed by atoms with Crippen LogP contribution in [-0.4, -0.2) is 28.6 Å². The standard InChI is InChI=1S/C27H26N2O4/c1-32-25-10-3-2-8-19(25)22-17-33-27-20(26(22)31)11-12-24(30)21(27)16-29-14-5-4-9-23(29)18-7-6-13-28-15-18/h2-3,6-8,10-13,15,17,23,30H,4-5,9,14,16H2,1H3. The van der Waals surface area contributed by atoms with Gasteiger partial charge in [0.2, 0.25) is 5.43 Å². The van der Waals surface area contributed by atoms with Gasteiger partial charge in [0.1, 0.15) is 23.3 Å². The van der Waals surface area contributed by atoms with Crippen LogP contribution in [0.3, 0.4) is 0 Å². The van der Waals surface area contributed by atoms with Crippen molar-refractivity contribution >= 4 is 11.0 Å². The number of fused-ring (bicyclic) bond motifs is 1. The number of rotatable bonds is 5. The Balaban J connectivity index is 1.57. The van der Waals surface area contributed by atoms with Crippen LogP contribution in [0.25, 0.3) is 22.1 Å². The zero-order valence-corrected chi connectivity index (χ0v) is 18.5. The Labute approximate surface area is 192 Å². The maximum absolute atomic E-state index is 13.4. The van der Waals surface area contributed by atoms with Crippen LogP contribution in [0.4, 0.5) is 0 Å². The van der Waals surface area contributed by atoms with E-state index < -0.39 is 0 Å². The van der Waals surface area contributed by atoms with Gasteiger partial charge in [-0.3, -0.25) is 14.7 Å². The topological polar surface area (TPSA) is 75.8 Å². The number of aromatic nitrogens is 1. The highest BCUT2D eigenvalue weighted by atomic mass is 16.5. The van der Waals surface area contributed by atoms with E-state index in [1.807, 2.05) is 36.5 Å². The Kier molecular flexibility index (Phi) is 5.84. The fraction of sp³-hybridized carbons (Fsp3) is 0.259. The Morgan fingerprint density at radius 2 is 2.00 bits per heavy atom. The molecule has 2 aromatic carbocycles. The molecule has 5 rings (SSSR count). The Hall–Kier alpha value is -3.64. The molecule has 1 aliphatic heterocycles. The highest BCUT2D eigenvalue weighted by molar-refractivity contribution is 5.86. The van der Waals surface area contributed by atoms with Crippen molar-refractivity contribution in [2.24, 2.45) is 0 Å². The van der Waals surface area contributed by atoms with Crippen LogP contribution < -0.4 is 10.2 Å². The van der Waals surface area contributed by atoms with Gasteiger partial charge in [0.25, 0.3) is 0 Å². The van der Waals surface area contributed by atoms with Gasteiger partial charge in [-0.05, 0) is 49.2 Å². The van der Waals surface area contributed by atoms with E-state index in [1.165, 1.54) is 6.26 Å². The molecule has 1 saturated heterocycles. The molecule has 0 saturated carbocycles. The minimum absolute atomic E-state index is 0.131. The summed E-state index contributed by atoms with van der Waals surface area (Å²) in [5.41, 5.74) is 3.18. The van der Waals surface area contributed by atoms with E-state index in [9.17, 15) is 9.90 Å². The van der Waals surface area contributed by atoms with Gasteiger partial charge in [0, 0.05) is 30.5 Å². The molecule has 1 atom stereocenters. The van der Waals surface area contributed by atoms with Crippen LogP contribution in [0.2, 0.25) is 0 Å². The van der Waals surface area contributed by atoms with Gasteiger partial charge in [-0.2, -0.15) is 0 Å². The monoisotopic (exact) mass is 442 g/mol. The van der Waals surface area contributed by atoms with Crippen LogP contribution in [0.1, 0.15) is 36.4 Å². The van der Waals surface area contributed by atoms with E-state index in [-0.39, 0.29) is 17.2 Å². The molecule has 4 aromatic rings. The van der Waals surface area contributed by atoms with Crippen molar-refractivity contribution in [1.82, 2.24) is 9.88 Å². The molecule has 1 unspecified atom stereocenters. The normalized spacial score (nSPS) is 16.7. The Morgan fingerprint density at radius 1 is 1.12 bits per heavy atom. The molecule has 1 fully saturated rings. The molecule has 0 aliphatic carbocycles. The lowest BCUT2D eigenvalue weighted by atomic mass is 9.95. The number of methoxy groups -OCH3 is 1. The number of aromatic hydroxyl groups is 1. The van der Waals surface area contributed by atoms with Crippen molar-refractivity contribution < 1.29 is 14.3 Å². The molecule has 33 heavy (non-hydrogen) atoms. The van der Waals surface area contributed by atoms with Gasteiger partial charge in [-0.25, -0.2) is 0 Å². The molecule has 0 spiro atoms. The second-order valence-corrected chi connectivity index (χ2v) is 8.39. The first kappa shape index (κ1) is 21.2. The molecule has 0 bridgehead atoms. The van der Waals surface area contributed by atoms with E-state index >= 15 is 0 Å². The van der Waals surface area contributed by atoms with Crippen LogP contribution in [0.5, 0.6) is 11.5 Å². The second kappa shape index (κ2) is 9.08. The van der Waals surface area contributed by atoms with Crippen molar-refractivity contribution in [3.05, 3.63) is 88.5 Å². The molecular weight excluding hydrogens is 416 g/mol. The molecule has 0 radical (unpaired) electrons. The molecule has 1 aliphatic rings. The van der Waals surface area contributed by atoms with Crippen molar-refractivity contribution in [1.29, 1.82) is 0 Å². The number of phenolic OH excluding ortho intramolecular Hbond substituents is 1. The summed E-state index contributed by atoms with van der Waals surface area (Å²) in [6.45, 7) is 1.39. The highest BCUT2D eigenvalue weighted by Crippen LogP contribution is 2.36. The van der Waals surface area contributed by atoms with Gasteiger partial charge in [-0.15, -0.1) is 0 Å². The molecule has 1 N–H and O–H groups in total. The number of hydrogen-bond donors (Lipinski definition) is 1. The van der Waals surface area contributed by atoms with Gasteiger partial charge < -0.3 is 14.3 Å². The number of benzene rings is 2. The zero-order chi connectivity index (χ0) is 22.8. The molecule has 168 valence electrons. The van der Waals surface area contributed by atoms with Gasteiger partial charge in [0.05, 0.1) is 23.6 Å². The van der Waals surface area contributed by atoms with Gasteiger partial charge >= 0.3 is 0 Å². The third-order valence-electron chi connectivity index (χ3n) is 6.46. The lowest BCUT2D eigenvalue weighted by molar-refractivity contribution is 0.139. The largest absolute Gasteiger partial charge is 0.507 e. The van der Waals surface area contributed by atoms with Gasteiger partial charge in [-0.1, -0.05) is 30.7 Å². The lowest BCUT2D eigenvalue weighted by Gasteiger charge is -2.36. The SMILES string of the molecule is COc1ccccc1-c1coc2c(CN3CCCCC3c3cccnc3)c(O)ccc2c1=O. The predicted molar refractivity (Wildman–Crippen MR) is 127 cm³/mol. The molecule has 0 amide bonds. The summed E-state index contributed by atoms with van der Waals surface area (Å²) < 4.78 is 11.4. The molecule has 3 heterocycles. The highest BCUT2D eigenvalue weighted by Gasteiger charge is 2.26. The average Bonchev–Trinajstić information content (AvgIpc) is 2.87. The van der Waals surface area contributed by atoms with Crippen LogP contribution >= 0.6 is 0 Å². The number of nitrogens with zero attached hydrogens (tertiary/aromatic N) is 2. The third-order valence-corrected chi connectivity index (χ3v) is 6.46. The Morgan fingerprint density at radius 3 is 2.82 bits per heavy atom. The smallest absolute Gasteiger partial charge is 0.200 e. The van der Waals surface area contributed by atoms with Crippen LogP contribution in [-0.2, 0) is 6.54 Å². The third kappa shape index (κ3) is 3.98. The predicted octanol–water partition coefficient (Wildman–Crippen LogP) is 5.30. The maximum Gasteiger partial charge on any atom is 0.200 e. The van der Waals surface area contributed by atoms with Crippen molar-refractivity contribution in [2.45, 2.75) is 31.8 Å². The maximum atomic E-state index is 13.4. The number of likely N-dealkylation sites (tertiary alicyclic amines) is 1. The quantitative estimate of drug-likeness (QED) is 0.452. The van der Waals surface area contributed by atoms with E-state index in [0.717, 1.165) is 31.4 Å². The van der Waals surface area contributed by atoms with Crippen LogP contribution in [0, 0.1) is 0 Å². The summed E-state index contributed by atoms with van der Waals surface area (Å²) >= 11 is 0. The van der Waals surface area contributed by atoms with E-state index in [0.29, 0.717) is 40.0 Å². The summed E-state index contributed by atoms with van der Waals surface area (Å²) in [7, 11) is 1.58. The Bertz CT molecular complexity index is 1330. The summed E-state index contributed by atoms with van der Waals surface area (Å²) in [6, 6.07) is 14.9. The fourth-order valence-electron chi connectivity index (χ4n) is 4.79. The number of hydrogen-bond acceptors (Lipinski definition) is 6.